The largest absolute Gasteiger partial charge is 0.497 e. The van der Waals surface area contributed by atoms with Gasteiger partial charge in [0.1, 0.15) is 5.75 Å². The highest BCUT2D eigenvalue weighted by Crippen LogP contribution is 2.47. The van der Waals surface area contributed by atoms with Crippen LogP contribution in [0.1, 0.15) is 28.7 Å². The molecule has 2 heterocycles. The van der Waals surface area contributed by atoms with E-state index in [0.29, 0.717) is 19.8 Å². The molecule has 1 saturated heterocycles. The Morgan fingerprint density at radius 2 is 1.81 bits per heavy atom. The first-order chi connectivity index (χ1) is 12.5. The van der Waals surface area contributed by atoms with Crippen LogP contribution in [-0.4, -0.2) is 26.2 Å². The lowest BCUT2D eigenvalue weighted by atomic mass is 10.00. The second kappa shape index (κ2) is 6.41. The molecular formula is C21H23NO4. The minimum absolute atomic E-state index is 0.142. The first kappa shape index (κ1) is 17.1. The molecule has 136 valence electrons. The number of fused-ring (bicyclic) bond motifs is 2. The van der Waals surface area contributed by atoms with Crippen LogP contribution in [-0.2, 0) is 26.6 Å². The number of hydrogen-bond acceptors (Lipinski definition) is 4. The van der Waals surface area contributed by atoms with Crippen LogP contribution in [0.15, 0.2) is 36.4 Å². The molecule has 1 amide bonds. The minimum Gasteiger partial charge on any atom is -0.497 e. The highest BCUT2D eigenvalue weighted by molar-refractivity contribution is 6.07. The van der Waals surface area contributed by atoms with E-state index in [4.69, 9.17) is 14.2 Å². The smallest absolute Gasteiger partial charge is 0.292 e. The van der Waals surface area contributed by atoms with Crippen LogP contribution in [0.2, 0.25) is 0 Å². The number of ether oxygens (including phenoxy) is 3. The SMILES string of the molecule is COc1ccc(CN2C(=O)C3(OCCCO3)c3cc(C)cc(C)c32)cc1. The number of nitrogens with zero attached hydrogens (tertiary/aromatic N) is 1. The molecule has 2 aliphatic heterocycles. The van der Waals surface area contributed by atoms with Gasteiger partial charge in [-0.05, 0) is 49.6 Å². The Morgan fingerprint density at radius 1 is 1.12 bits per heavy atom. The maximum absolute atomic E-state index is 13.4. The van der Waals surface area contributed by atoms with Crippen LogP contribution in [0.4, 0.5) is 5.69 Å². The van der Waals surface area contributed by atoms with Crippen LogP contribution < -0.4 is 9.64 Å². The summed E-state index contributed by atoms with van der Waals surface area (Å²) in [6, 6.07) is 11.9. The highest BCUT2D eigenvalue weighted by Gasteiger charge is 2.55. The Morgan fingerprint density at radius 3 is 2.46 bits per heavy atom. The number of anilines is 1. The van der Waals surface area contributed by atoms with Gasteiger partial charge in [-0.2, -0.15) is 0 Å². The van der Waals surface area contributed by atoms with E-state index in [-0.39, 0.29) is 5.91 Å². The number of amides is 1. The van der Waals surface area contributed by atoms with Gasteiger partial charge < -0.3 is 19.1 Å². The van der Waals surface area contributed by atoms with Gasteiger partial charge in [0.05, 0.1) is 32.6 Å². The first-order valence-corrected chi connectivity index (χ1v) is 8.90. The summed E-state index contributed by atoms with van der Waals surface area (Å²) in [5.74, 6) is -0.641. The third-order valence-electron chi connectivity index (χ3n) is 5.00. The standard InChI is InChI=1S/C21H23NO4/c1-14-11-15(2)19-18(12-14)21(25-9-4-10-26-21)20(23)22(19)13-16-5-7-17(24-3)8-6-16/h5-8,11-12H,4,9-10,13H2,1-3H3. The number of methoxy groups -OCH3 is 1. The molecule has 1 fully saturated rings. The van der Waals surface area contributed by atoms with Gasteiger partial charge in [0.25, 0.3) is 11.7 Å². The second-order valence-electron chi connectivity index (χ2n) is 6.88. The third-order valence-corrected chi connectivity index (χ3v) is 5.00. The fourth-order valence-corrected chi connectivity index (χ4v) is 3.84. The first-order valence-electron chi connectivity index (χ1n) is 8.90. The van der Waals surface area contributed by atoms with Gasteiger partial charge in [0.2, 0.25) is 0 Å². The summed E-state index contributed by atoms with van der Waals surface area (Å²) in [5, 5.41) is 0. The second-order valence-corrected chi connectivity index (χ2v) is 6.88. The molecule has 0 N–H and O–H groups in total. The number of carbonyl (C=O) groups is 1. The molecule has 4 rings (SSSR count). The van der Waals surface area contributed by atoms with Crippen LogP contribution in [0, 0.1) is 13.8 Å². The van der Waals surface area contributed by atoms with Crippen molar-refractivity contribution in [3.8, 4) is 5.75 Å². The number of aryl methyl sites for hydroxylation is 2. The summed E-state index contributed by atoms with van der Waals surface area (Å²) in [4.78, 5) is 15.2. The van der Waals surface area contributed by atoms with Gasteiger partial charge in [-0.25, -0.2) is 0 Å². The summed E-state index contributed by atoms with van der Waals surface area (Å²) in [6.45, 7) is 5.57. The molecule has 2 aromatic carbocycles. The molecule has 2 aromatic rings. The Balaban J connectivity index is 1.77. The summed E-state index contributed by atoms with van der Waals surface area (Å²) in [5.41, 5.74) is 4.90. The van der Waals surface area contributed by atoms with Gasteiger partial charge in [-0.15, -0.1) is 0 Å². The number of benzene rings is 2. The molecule has 0 aromatic heterocycles. The van der Waals surface area contributed by atoms with E-state index in [0.717, 1.165) is 40.1 Å². The molecule has 5 nitrogen and oxygen atoms in total. The molecular weight excluding hydrogens is 330 g/mol. The highest BCUT2D eigenvalue weighted by atomic mass is 16.7. The van der Waals surface area contributed by atoms with Crippen molar-refractivity contribution in [2.75, 3.05) is 25.2 Å². The average Bonchev–Trinajstić information content (AvgIpc) is 2.86. The van der Waals surface area contributed by atoms with Gasteiger partial charge in [0, 0.05) is 5.56 Å². The van der Waals surface area contributed by atoms with Crippen LogP contribution in [0.5, 0.6) is 5.75 Å². The fraction of sp³-hybridized carbons (Fsp3) is 0.381. The van der Waals surface area contributed by atoms with Crippen LogP contribution in [0.3, 0.4) is 0 Å². The zero-order valence-electron chi connectivity index (χ0n) is 15.4. The van der Waals surface area contributed by atoms with Crippen molar-refractivity contribution in [3.63, 3.8) is 0 Å². The monoisotopic (exact) mass is 353 g/mol. The van der Waals surface area contributed by atoms with E-state index in [1.165, 1.54) is 0 Å². The summed E-state index contributed by atoms with van der Waals surface area (Å²) in [6.07, 6.45) is 0.799. The topological polar surface area (TPSA) is 48.0 Å². The molecule has 0 saturated carbocycles. The number of hydrogen-bond donors (Lipinski definition) is 0. The third kappa shape index (κ3) is 2.59. The molecule has 0 bridgehead atoms. The Kier molecular flexibility index (Phi) is 4.21. The van der Waals surface area contributed by atoms with E-state index < -0.39 is 5.79 Å². The molecule has 0 aliphatic carbocycles. The van der Waals surface area contributed by atoms with Crippen molar-refractivity contribution < 1.29 is 19.0 Å². The maximum Gasteiger partial charge on any atom is 0.292 e. The molecule has 0 atom stereocenters. The Bertz CT molecular complexity index is 838. The summed E-state index contributed by atoms with van der Waals surface area (Å²) in [7, 11) is 1.64. The van der Waals surface area contributed by atoms with Crippen molar-refractivity contribution in [2.45, 2.75) is 32.6 Å². The predicted molar refractivity (Wildman–Crippen MR) is 98.3 cm³/mol. The average molecular weight is 353 g/mol. The lowest BCUT2D eigenvalue weighted by Crippen LogP contribution is -2.47. The van der Waals surface area contributed by atoms with Crippen molar-refractivity contribution in [1.82, 2.24) is 0 Å². The summed E-state index contributed by atoms with van der Waals surface area (Å²) >= 11 is 0. The van der Waals surface area contributed by atoms with Crippen molar-refractivity contribution in [2.24, 2.45) is 0 Å². The summed E-state index contributed by atoms with van der Waals surface area (Å²) < 4.78 is 17.1. The van der Waals surface area contributed by atoms with E-state index in [1.807, 2.05) is 44.2 Å². The zero-order valence-corrected chi connectivity index (χ0v) is 15.4. The van der Waals surface area contributed by atoms with E-state index >= 15 is 0 Å². The fourth-order valence-electron chi connectivity index (χ4n) is 3.84. The normalized spacial score (nSPS) is 18.3. The van der Waals surface area contributed by atoms with Gasteiger partial charge >= 0.3 is 0 Å². The maximum atomic E-state index is 13.4. The quantitative estimate of drug-likeness (QED) is 0.848. The molecule has 5 heteroatoms. The molecule has 26 heavy (non-hydrogen) atoms. The minimum atomic E-state index is -1.29. The lowest BCUT2D eigenvalue weighted by Gasteiger charge is -2.32. The van der Waals surface area contributed by atoms with E-state index in [2.05, 4.69) is 6.07 Å². The van der Waals surface area contributed by atoms with Crippen molar-refractivity contribution in [1.29, 1.82) is 0 Å². The Hall–Kier alpha value is -2.37. The lowest BCUT2D eigenvalue weighted by molar-refractivity contribution is -0.256. The van der Waals surface area contributed by atoms with Crippen LogP contribution in [0.25, 0.3) is 0 Å². The van der Waals surface area contributed by atoms with Gasteiger partial charge in [-0.3, -0.25) is 4.79 Å². The molecule has 2 aliphatic rings. The van der Waals surface area contributed by atoms with Gasteiger partial charge in [-0.1, -0.05) is 23.8 Å². The molecule has 0 radical (unpaired) electrons. The molecule has 0 unspecified atom stereocenters. The predicted octanol–water partition coefficient (Wildman–Crippen LogP) is 3.45. The van der Waals surface area contributed by atoms with Crippen molar-refractivity contribution >= 4 is 11.6 Å². The number of carbonyl (C=O) groups excluding carboxylic acids is 1. The van der Waals surface area contributed by atoms with Crippen molar-refractivity contribution in [3.05, 3.63) is 58.7 Å². The number of rotatable bonds is 3. The van der Waals surface area contributed by atoms with E-state index in [1.54, 1.807) is 12.0 Å². The van der Waals surface area contributed by atoms with E-state index in [9.17, 15) is 4.79 Å². The zero-order chi connectivity index (χ0) is 18.3. The van der Waals surface area contributed by atoms with Crippen LogP contribution >= 0.6 is 0 Å². The Labute approximate surface area is 153 Å². The van der Waals surface area contributed by atoms with Gasteiger partial charge in [0.15, 0.2) is 0 Å². The molecule has 1 spiro atoms.